The molecule has 112 valence electrons. The molecule has 0 amide bonds. The Morgan fingerprint density at radius 1 is 1.33 bits per heavy atom. The number of guanidine groups is 1. The number of pyridine rings is 1. The number of hydrogen-bond donors (Lipinski definition) is 2. The maximum atomic E-state index is 5.83. The Labute approximate surface area is 124 Å². The first-order chi connectivity index (χ1) is 10.2. The largest absolute Gasteiger partial charge is 0.370 e. The molecule has 0 unspecified atom stereocenters. The molecule has 2 rings (SSSR count). The molecule has 0 atom stereocenters. The van der Waals surface area contributed by atoms with Crippen LogP contribution in [0.3, 0.4) is 0 Å². The van der Waals surface area contributed by atoms with Crippen molar-refractivity contribution < 1.29 is 4.52 Å². The van der Waals surface area contributed by atoms with Crippen LogP contribution in [-0.4, -0.2) is 29.2 Å². The minimum atomic E-state index is 0.456. The summed E-state index contributed by atoms with van der Waals surface area (Å²) in [6.07, 6.45) is 3.38. The van der Waals surface area contributed by atoms with Gasteiger partial charge in [0, 0.05) is 37.0 Å². The molecular formula is C15H21N5O. The predicted octanol–water partition coefficient (Wildman–Crippen LogP) is 1.38. The molecule has 0 aliphatic carbocycles. The highest BCUT2D eigenvalue weighted by Crippen LogP contribution is 2.11. The van der Waals surface area contributed by atoms with E-state index in [1.165, 1.54) is 0 Å². The monoisotopic (exact) mass is 287 g/mol. The average Bonchev–Trinajstić information content (AvgIpc) is 2.80. The highest BCUT2D eigenvalue weighted by atomic mass is 16.5. The number of aliphatic imine (C=N–C) groups is 1. The summed E-state index contributed by atoms with van der Waals surface area (Å²) in [5.74, 6) is 1.32. The summed E-state index contributed by atoms with van der Waals surface area (Å²) < 4.78 is 5.12. The van der Waals surface area contributed by atoms with Gasteiger partial charge in [-0.05, 0) is 32.4 Å². The Bertz CT molecular complexity index is 572. The highest BCUT2D eigenvalue weighted by Gasteiger charge is 2.07. The van der Waals surface area contributed by atoms with Gasteiger partial charge < -0.3 is 15.6 Å². The third kappa shape index (κ3) is 4.59. The van der Waals surface area contributed by atoms with Gasteiger partial charge in [0.2, 0.25) is 0 Å². The van der Waals surface area contributed by atoms with E-state index in [9.17, 15) is 0 Å². The molecule has 2 aromatic heterocycles. The fraction of sp³-hybridized carbons (Fsp3) is 0.400. The molecule has 0 bridgehead atoms. The van der Waals surface area contributed by atoms with Gasteiger partial charge in [0.1, 0.15) is 5.76 Å². The minimum Gasteiger partial charge on any atom is -0.370 e. The number of hydrogen-bond acceptors (Lipinski definition) is 4. The molecule has 3 N–H and O–H groups in total. The zero-order valence-electron chi connectivity index (χ0n) is 12.5. The predicted molar refractivity (Wildman–Crippen MR) is 82.1 cm³/mol. The van der Waals surface area contributed by atoms with Crippen LogP contribution in [0.25, 0.3) is 0 Å². The summed E-state index contributed by atoms with van der Waals surface area (Å²) in [7, 11) is 0. The third-order valence-corrected chi connectivity index (χ3v) is 3.24. The summed E-state index contributed by atoms with van der Waals surface area (Å²) in [4.78, 5) is 8.53. The van der Waals surface area contributed by atoms with Crippen molar-refractivity contribution in [2.24, 2.45) is 10.7 Å². The second-order valence-corrected chi connectivity index (χ2v) is 4.82. The second kappa shape index (κ2) is 7.42. The first-order valence-corrected chi connectivity index (χ1v) is 7.02. The molecule has 6 nitrogen and oxygen atoms in total. The van der Waals surface area contributed by atoms with E-state index >= 15 is 0 Å². The molecule has 2 heterocycles. The van der Waals surface area contributed by atoms with Gasteiger partial charge in [-0.15, -0.1) is 0 Å². The fourth-order valence-electron chi connectivity index (χ4n) is 2.07. The zero-order valence-corrected chi connectivity index (χ0v) is 12.5. The van der Waals surface area contributed by atoms with Crippen LogP contribution in [0.15, 0.2) is 33.9 Å². The van der Waals surface area contributed by atoms with Crippen LogP contribution in [0.4, 0.5) is 0 Å². The van der Waals surface area contributed by atoms with Gasteiger partial charge in [0.05, 0.1) is 5.69 Å². The summed E-state index contributed by atoms with van der Waals surface area (Å²) in [5.41, 5.74) is 8.91. The van der Waals surface area contributed by atoms with E-state index in [2.05, 4.69) is 20.4 Å². The van der Waals surface area contributed by atoms with Crippen LogP contribution >= 0.6 is 0 Å². The molecule has 0 aromatic carbocycles. The average molecular weight is 287 g/mol. The molecule has 6 heteroatoms. The molecule has 0 aliphatic rings. The topological polar surface area (TPSA) is 89.3 Å². The summed E-state index contributed by atoms with van der Waals surface area (Å²) in [5, 5.41) is 7.03. The first kappa shape index (κ1) is 15.0. The van der Waals surface area contributed by atoms with Crippen molar-refractivity contribution >= 4 is 5.96 Å². The Morgan fingerprint density at radius 3 is 2.86 bits per heavy atom. The van der Waals surface area contributed by atoms with Gasteiger partial charge in [-0.2, -0.15) is 0 Å². The lowest BCUT2D eigenvalue weighted by Crippen LogP contribution is -2.33. The van der Waals surface area contributed by atoms with Crippen LogP contribution in [-0.2, 0) is 12.8 Å². The van der Waals surface area contributed by atoms with Gasteiger partial charge in [-0.1, -0.05) is 11.2 Å². The van der Waals surface area contributed by atoms with Crippen LogP contribution in [0.5, 0.6) is 0 Å². The fourth-order valence-corrected chi connectivity index (χ4v) is 2.07. The number of nitrogens with two attached hydrogens (primary N) is 1. The molecule has 0 aliphatic heterocycles. The Hall–Kier alpha value is -2.37. The molecule has 21 heavy (non-hydrogen) atoms. The van der Waals surface area contributed by atoms with Crippen molar-refractivity contribution in [3.8, 4) is 0 Å². The SMILES string of the molecule is Cc1noc(C)c1CCNC(N)=NCCc1ccccn1. The first-order valence-electron chi connectivity index (χ1n) is 7.02. The van der Waals surface area contributed by atoms with E-state index in [0.717, 1.165) is 35.6 Å². The van der Waals surface area contributed by atoms with E-state index in [1.807, 2.05) is 32.0 Å². The Kier molecular flexibility index (Phi) is 5.31. The zero-order chi connectivity index (χ0) is 15.1. The van der Waals surface area contributed by atoms with Gasteiger partial charge >= 0.3 is 0 Å². The smallest absolute Gasteiger partial charge is 0.188 e. The van der Waals surface area contributed by atoms with E-state index in [1.54, 1.807) is 6.20 Å². The van der Waals surface area contributed by atoms with Crippen LogP contribution in [0.1, 0.15) is 22.7 Å². The van der Waals surface area contributed by atoms with Crippen molar-refractivity contribution in [2.45, 2.75) is 26.7 Å². The molecule has 0 saturated heterocycles. The van der Waals surface area contributed by atoms with Gasteiger partial charge in [-0.3, -0.25) is 9.98 Å². The summed E-state index contributed by atoms with van der Waals surface area (Å²) in [6, 6.07) is 5.85. The van der Waals surface area contributed by atoms with E-state index in [0.29, 0.717) is 19.0 Å². The Morgan fingerprint density at radius 2 is 2.19 bits per heavy atom. The van der Waals surface area contributed by atoms with Crippen LogP contribution < -0.4 is 11.1 Å². The summed E-state index contributed by atoms with van der Waals surface area (Å²) in [6.45, 7) is 5.19. The summed E-state index contributed by atoms with van der Waals surface area (Å²) >= 11 is 0. The van der Waals surface area contributed by atoms with Gasteiger partial charge in [0.15, 0.2) is 5.96 Å². The van der Waals surface area contributed by atoms with Gasteiger partial charge in [0.25, 0.3) is 0 Å². The molecule has 0 spiro atoms. The van der Waals surface area contributed by atoms with E-state index in [-0.39, 0.29) is 0 Å². The molecule has 0 fully saturated rings. The minimum absolute atomic E-state index is 0.456. The highest BCUT2D eigenvalue weighted by molar-refractivity contribution is 5.77. The van der Waals surface area contributed by atoms with Crippen molar-refractivity contribution in [3.05, 3.63) is 47.1 Å². The molecule has 2 aromatic rings. The van der Waals surface area contributed by atoms with Crippen molar-refractivity contribution in [1.82, 2.24) is 15.5 Å². The maximum absolute atomic E-state index is 5.83. The lowest BCUT2D eigenvalue weighted by molar-refractivity contribution is 0.392. The number of aryl methyl sites for hydroxylation is 2. The van der Waals surface area contributed by atoms with Crippen molar-refractivity contribution in [1.29, 1.82) is 0 Å². The lowest BCUT2D eigenvalue weighted by Gasteiger charge is -2.05. The third-order valence-electron chi connectivity index (χ3n) is 3.24. The van der Waals surface area contributed by atoms with Crippen LogP contribution in [0, 0.1) is 13.8 Å². The number of aromatic nitrogens is 2. The molecule has 0 saturated carbocycles. The van der Waals surface area contributed by atoms with E-state index < -0.39 is 0 Å². The number of rotatable bonds is 6. The van der Waals surface area contributed by atoms with Crippen molar-refractivity contribution in [2.75, 3.05) is 13.1 Å². The van der Waals surface area contributed by atoms with Crippen LogP contribution in [0.2, 0.25) is 0 Å². The van der Waals surface area contributed by atoms with Gasteiger partial charge in [-0.25, -0.2) is 0 Å². The van der Waals surface area contributed by atoms with E-state index in [4.69, 9.17) is 10.3 Å². The maximum Gasteiger partial charge on any atom is 0.188 e. The molecule has 0 radical (unpaired) electrons. The normalized spacial score (nSPS) is 11.6. The second-order valence-electron chi connectivity index (χ2n) is 4.82. The quantitative estimate of drug-likeness (QED) is 0.619. The molecular weight excluding hydrogens is 266 g/mol. The lowest BCUT2D eigenvalue weighted by atomic mass is 10.1. The standard InChI is InChI=1S/C15H21N5O/c1-11-14(12(2)21-20-11)7-10-19-15(16)18-9-6-13-5-3-4-8-17-13/h3-5,8H,6-7,9-10H2,1-2H3,(H3,16,18,19). The Balaban J connectivity index is 1.72. The number of nitrogens with zero attached hydrogens (tertiary/aromatic N) is 3. The van der Waals surface area contributed by atoms with Crippen molar-refractivity contribution in [3.63, 3.8) is 0 Å². The number of nitrogens with one attached hydrogen (secondary N) is 1.